The van der Waals surface area contributed by atoms with E-state index in [9.17, 15) is 22.8 Å². The minimum atomic E-state index is -3.33. The molecule has 0 aliphatic carbocycles. The smallest absolute Gasteiger partial charge is 0.399 e. The zero-order valence-corrected chi connectivity index (χ0v) is 13.2. The van der Waals surface area contributed by atoms with Crippen molar-refractivity contribution in [2.45, 2.75) is 5.75 Å². The predicted octanol–water partition coefficient (Wildman–Crippen LogP) is 1.19. The largest absolute Gasteiger partial charge is 0.453 e. The number of fused-ring (bicyclic) bond motifs is 1. The van der Waals surface area contributed by atoms with E-state index in [0.29, 0.717) is 5.06 Å². The van der Waals surface area contributed by atoms with Crippen LogP contribution in [0.5, 0.6) is 0 Å². The Balaban J connectivity index is 1.77. The number of imide groups is 1. The molecule has 24 heavy (non-hydrogen) atoms. The summed E-state index contributed by atoms with van der Waals surface area (Å²) in [6, 6.07) is 8.57. The molecule has 0 fully saturated rings. The number of furan rings is 1. The van der Waals surface area contributed by atoms with E-state index in [4.69, 9.17) is 9.25 Å². The molecule has 0 bridgehead atoms. The van der Waals surface area contributed by atoms with E-state index in [1.165, 1.54) is 24.3 Å². The first kappa shape index (κ1) is 15.9. The fraction of sp³-hybridized carbons (Fsp3) is 0.133. The second kappa shape index (κ2) is 5.60. The van der Waals surface area contributed by atoms with Crippen LogP contribution in [0, 0.1) is 0 Å². The van der Waals surface area contributed by atoms with Crippen LogP contribution < -0.4 is 0 Å². The molecule has 1 aromatic heterocycles. The lowest BCUT2D eigenvalue weighted by atomic mass is 10.1. The highest BCUT2D eigenvalue weighted by Crippen LogP contribution is 2.23. The van der Waals surface area contributed by atoms with Crippen molar-refractivity contribution in [1.82, 2.24) is 5.06 Å². The maximum Gasteiger partial charge on any atom is 0.399 e. The summed E-state index contributed by atoms with van der Waals surface area (Å²) in [5.41, 5.74) is 0.264. The molecule has 1 aliphatic heterocycles. The summed E-state index contributed by atoms with van der Waals surface area (Å²) < 4.78 is 27.5. The molecule has 8 nitrogen and oxygen atoms in total. The average molecular weight is 349 g/mol. The summed E-state index contributed by atoms with van der Waals surface area (Å²) >= 11 is 0. The SMILES string of the molecule is CS(=O)(=O)Cc1ccc(C(=O)ON2C(=O)c3ccccc3C2=O)o1. The van der Waals surface area contributed by atoms with E-state index >= 15 is 0 Å². The molecular weight excluding hydrogens is 338 g/mol. The monoisotopic (exact) mass is 349 g/mol. The molecule has 0 spiro atoms. The molecule has 1 aromatic carbocycles. The van der Waals surface area contributed by atoms with E-state index in [0.717, 1.165) is 6.26 Å². The van der Waals surface area contributed by atoms with Gasteiger partial charge in [0.25, 0.3) is 11.8 Å². The maximum absolute atomic E-state index is 12.1. The second-order valence-corrected chi connectivity index (χ2v) is 7.31. The standard InChI is InChI=1S/C15H11NO7S/c1-24(20,21)8-9-6-7-12(22-9)15(19)23-16-13(17)10-4-2-3-5-11(10)14(16)18/h2-7H,8H2,1H3. The first-order valence-electron chi connectivity index (χ1n) is 6.73. The van der Waals surface area contributed by atoms with Gasteiger partial charge in [-0.25, -0.2) is 13.2 Å². The molecule has 0 radical (unpaired) electrons. The Morgan fingerprint density at radius 2 is 1.67 bits per heavy atom. The number of amides is 2. The van der Waals surface area contributed by atoms with Crippen molar-refractivity contribution in [1.29, 1.82) is 0 Å². The van der Waals surface area contributed by atoms with Crippen LogP contribution in [0.1, 0.15) is 37.0 Å². The fourth-order valence-electron chi connectivity index (χ4n) is 2.20. The number of rotatable bonds is 4. The summed E-state index contributed by atoms with van der Waals surface area (Å²) in [6.45, 7) is 0. The lowest BCUT2D eigenvalue weighted by Crippen LogP contribution is -2.32. The number of hydrogen-bond acceptors (Lipinski definition) is 7. The van der Waals surface area contributed by atoms with E-state index in [1.54, 1.807) is 12.1 Å². The van der Waals surface area contributed by atoms with Crippen LogP contribution in [0.15, 0.2) is 40.8 Å². The zero-order chi connectivity index (χ0) is 17.5. The van der Waals surface area contributed by atoms with Gasteiger partial charge in [0.05, 0.1) is 11.1 Å². The fourth-order valence-corrected chi connectivity index (χ4v) is 2.87. The Morgan fingerprint density at radius 1 is 1.08 bits per heavy atom. The highest BCUT2D eigenvalue weighted by atomic mass is 32.2. The second-order valence-electron chi connectivity index (χ2n) is 5.17. The van der Waals surface area contributed by atoms with Gasteiger partial charge in [-0.15, -0.1) is 0 Å². The zero-order valence-electron chi connectivity index (χ0n) is 12.4. The molecule has 0 N–H and O–H groups in total. The lowest BCUT2D eigenvalue weighted by molar-refractivity contribution is -0.0603. The third-order valence-electron chi connectivity index (χ3n) is 3.20. The number of hydroxylamine groups is 2. The Hall–Kier alpha value is -2.94. The summed E-state index contributed by atoms with van der Waals surface area (Å²) in [6.07, 6.45) is 1.02. The van der Waals surface area contributed by atoms with E-state index in [-0.39, 0.29) is 28.4 Å². The quantitative estimate of drug-likeness (QED) is 0.762. The van der Waals surface area contributed by atoms with Crippen molar-refractivity contribution in [3.63, 3.8) is 0 Å². The van der Waals surface area contributed by atoms with Gasteiger partial charge >= 0.3 is 5.97 Å². The van der Waals surface area contributed by atoms with Crippen molar-refractivity contribution in [3.05, 3.63) is 59.0 Å². The summed E-state index contributed by atoms with van der Waals surface area (Å²) in [4.78, 5) is 41.0. The molecule has 2 heterocycles. The van der Waals surface area contributed by atoms with Gasteiger partial charge in [-0.05, 0) is 24.3 Å². The van der Waals surface area contributed by atoms with Crippen LogP contribution in [0.2, 0.25) is 0 Å². The topological polar surface area (TPSA) is 111 Å². The van der Waals surface area contributed by atoms with Gasteiger partial charge in [-0.3, -0.25) is 9.59 Å². The Morgan fingerprint density at radius 3 is 2.21 bits per heavy atom. The maximum atomic E-state index is 12.1. The minimum absolute atomic E-state index is 0.0480. The van der Waals surface area contributed by atoms with Crippen molar-refractivity contribution in [2.24, 2.45) is 0 Å². The number of carbonyl (C=O) groups excluding carboxylic acids is 3. The highest BCUT2D eigenvalue weighted by molar-refractivity contribution is 7.89. The molecule has 0 saturated carbocycles. The highest BCUT2D eigenvalue weighted by Gasteiger charge is 2.39. The van der Waals surface area contributed by atoms with Crippen LogP contribution in [0.4, 0.5) is 0 Å². The number of carbonyl (C=O) groups is 3. The van der Waals surface area contributed by atoms with Gasteiger partial charge in [0.2, 0.25) is 5.76 Å². The Bertz CT molecular complexity index is 923. The third-order valence-corrected chi connectivity index (χ3v) is 4.01. The van der Waals surface area contributed by atoms with Gasteiger partial charge in [0, 0.05) is 6.26 Å². The molecule has 2 aromatic rings. The molecule has 2 amide bonds. The van der Waals surface area contributed by atoms with Crippen LogP contribution in [0.25, 0.3) is 0 Å². The van der Waals surface area contributed by atoms with E-state index < -0.39 is 27.6 Å². The number of benzene rings is 1. The Labute approximate surface area is 136 Å². The number of nitrogens with zero attached hydrogens (tertiary/aromatic N) is 1. The molecular formula is C15H11NO7S. The Kier molecular flexibility index (Phi) is 3.72. The van der Waals surface area contributed by atoms with Crippen molar-refractivity contribution in [2.75, 3.05) is 6.26 Å². The normalized spacial score (nSPS) is 14.0. The van der Waals surface area contributed by atoms with E-state index in [1.807, 2.05) is 0 Å². The molecule has 1 aliphatic rings. The van der Waals surface area contributed by atoms with Crippen molar-refractivity contribution >= 4 is 27.6 Å². The van der Waals surface area contributed by atoms with Crippen LogP contribution in [-0.2, 0) is 20.4 Å². The third kappa shape index (κ3) is 2.93. The van der Waals surface area contributed by atoms with Crippen molar-refractivity contribution in [3.8, 4) is 0 Å². The molecule has 9 heteroatoms. The molecule has 0 saturated heterocycles. The molecule has 0 atom stereocenters. The summed E-state index contributed by atoms with van der Waals surface area (Å²) in [5, 5.41) is 0.353. The first-order chi connectivity index (χ1) is 11.3. The molecule has 0 unspecified atom stereocenters. The van der Waals surface area contributed by atoms with E-state index in [2.05, 4.69) is 0 Å². The average Bonchev–Trinajstić information content (AvgIpc) is 3.05. The lowest BCUT2D eigenvalue weighted by Gasteiger charge is -2.11. The van der Waals surface area contributed by atoms with Crippen LogP contribution >= 0.6 is 0 Å². The van der Waals surface area contributed by atoms with Crippen molar-refractivity contribution < 1.29 is 32.1 Å². The minimum Gasteiger partial charge on any atom is -0.453 e. The van der Waals surface area contributed by atoms with Gasteiger partial charge in [0.15, 0.2) is 9.84 Å². The van der Waals surface area contributed by atoms with Gasteiger partial charge in [0.1, 0.15) is 11.5 Å². The first-order valence-corrected chi connectivity index (χ1v) is 8.79. The molecule has 124 valence electrons. The van der Waals surface area contributed by atoms with Gasteiger partial charge in [-0.2, -0.15) is 0 Å². The summed E-state index contributed by atoms with van der Waals surface area (Å²) in [5.74, 6) is -3.24. The summed E-state index contributed by atoms with van der Waals surface area (Å²) in [7, 11) is -3.33. The van der Waals surface area contributed by atoms with Crippen LogP contribution in [-0.4, -0.2) is 37.5 Å². The number of hydrogen-bond donors (Lipinski definition) is 0. The van der Waals surface area contributed by atoms with Crippen LogP contribution in [0.3, 0.4) is 0 Å². The molecule has 3 rings (SSSR count). The van der Waals surface area contributed by atoms with Gasteiger partial charge in [-0.1, -0.05) is 17.2 Å². The predicted molar refractivity (Wildman–Crippen MR) is 79.6 cm³/mol. The number of sulfone groups is 1. The van der Waals surface area contributed by atoms with Gasteiger partial charge < -0.3 is 9.25 Å².